The van der Waals surface area contributed by atoms with Crippen molar-refractivity contribution in [3.05, 3.63) is 101 Å². The molecule has 1 saturated carbocycles. The molecule has 0 aliphatic heterocycles. The number of nitrogens with one attached hydrogen (secondary N) is 1. The fourth-order valence-electron chi connectivity index (χ4n) is 5.24. The first-order chi connectivity index (χ1) is 19.7. The van der Waals surface area contributed by atoms with E-state index in [2.05, 4.69) is 5.32 Å². The minimum atomic E-state index is -3.86. The molecule has 1 unspecified atom stereocenters. The highest BCUT2D eigenvalue weighted by molar-refractivity contribution is 7.92. The highest BCUT2D eigenvalue weighted by atomic mass is 32.2. The SMILES string of the molecule is CCc1ccc(N(CC(=O)N(Cc2ccccc2F)C(Cc2ccccc2)C(=O)NC2CCCC2)S(C)(=O)=O)cc1. The van der Waals surface area contributed by atoms with Gasteiger partial charge in [-0.25, -0.2) is 12.8 Å². The number of sulfonamides is 1. The predicted octanol–water partition coefficient (Wildman–Crippen LogP) is 4.85. The molecule has 1 atom stereocenters. The van der Waals surface area contributed by atoms with Gasteiger partial charge in [-0.15, -0.1) is 0 Å². The summed E-state index contributed by atoms with van der Waals surface area (Å²) in [6.45, 7) is 1.28. The molecule has 0 bridgehead atoms. The molecule has 1 fully saturated rings. The zero-order valence-corrected chi connectivity index (χ0v) is 24.4. The summed E-state index contributed by atoms with van der Waals surface area (Å²) in [4.78, 5) is 29.2. The Morgan fingerprint density at radius 1 is 0.927 bits per heavy atom. The molecule has 218 valence electrons. The summed E-state index contributed by atoms with van der Waals surface area (Å²) in [5, 5.41) is 3.10. The Labute approximate surface area is 242 Å². The van der Waals surface area contributed by atoms with Gasteiger partial charge in [0.2, 0.25) is 21.8 Å². The second-order valence-electron chi connectivity index (χ2n) is 10.6. The molecule has 2 amide bonds. The fourth-order valence-corrected chi connectivity index (χ4v) is 6.09. The molecule has 1 N–H and O–H groups in total. The predicted molar refractivity (Wildman–Crippen MR) is 159 cm³/mol. The van der Waals surface area contributed by atoms with E-state index in [4.69, 9.17) is 0 Å². The quantitative estimate of drug-likeness (QED) is 0.332. The van der Waals surface area contributed by atoms with Gasteiger partial charge in [-0.3, -0.25) is 13.9 Å². The van der Waals surface area contributed by atoms with Crippen molar-refractivity contribution in [2.75, 3.05) is 17.1 Å². The van der Waals surface area contributed by atoms with E-state index in [1.165, 1.54) is 11.0 Å². The van der Waals surface area contributed by atoms with Gasteiger partial charge >= 0.3 is 0 Å². The van der Waals surface area contributed by atoms with E-state index in [9.17, 15) is 22.4 Å². The van der Waals surface area contributed by atoms with Gasteiger partial charge in [0.25, 0.3) is 0 Å². The summed E-state index contributed by atoms with van der Waals surface area (Å²) in [5.74, 6) is -1.43. The van der Waals surface area contributed by atoms with Gasteiger partial charge in [0, 0.05) is 24.6 Å². The molecule has 9 heteroatoms. The smallest absolute Gasteiger partial charge is 0.244 e. The zero-order valence-electron chi connectivity index (χ0n) is 23.6. The summed E-state index contributed by atoms with van der Waals surface area (Å²) in [5.41, 5.74) is 2.45. The standard InChI is InChI=1S/C32H38FN3O4S/c1-3-24-17-19-28(20-18-24)36(41(2,39)40)23-31(37)35(22-26-13-7-10-16-29(26)33)30(21-25-11-5-4-6-12-25)32(38)34-27-14-8-9-15-27/h4-7,10-13,16-20,27,30H,3,8-9,14-15,21-23H2,1-2H3,(H,34,38). The van der Waals surface area contributed by atoms with Gasteiger partial charge in [0.05, 0.1) is 11.9 Å². The van der Waals surface area contributed by atoms with E-state index >= 15 is 0 Å². The molecule has 0 heterocycles. The van der Waals surface area contributed by atoms with Crippen molar-refractivity contribution in [1.29, 1.82) is 0 Å². The van der Waals surface area contributed by atoms with Gasteiger partial charge in [-0.2, -0.15) is 0 Å². The average molecular weight is 580 g/mol. The van der Waals surface area contributed by atoms with Crippen LogP contribution in [0.25, 0.3) is 0 Å². The molecule has 3 aromatic rings. The molecule has 1 aliphatic rings. The Hall–Kier alpha value is -3.72. The van der Waals surface area contributed by atoms with Crippen LogP contribution in [0.1, 0.15) is 49.3 Å². The summed E-state index contributed by atoms with van der Waals surface area (Å²) in [6, 6.07) is 21.5. The number of amides is 2. The molecule has 0 radical (unpaired) electrons. The lowest BCUT2D eigenvalue weighted by Crippen LogP contribution is -2.54. The maximum absolute atomic E-state index is 14.9. The van der Waals surface area contributed by atoms with Crippen LogP contribution in [0.15, 0.2) is 78.9 Å². The molecule has 3 aromatic carbocycles. The van der Waals surface area contributed by atoms with Crippen LogP contribution in [0.3, 0.4) is 0 Å². The van der Waals surface area contributed by atoms with Crippen molar-refractivity contribution in [2.24, 2.45) is 0 Å². The van der Waals surface area contributed by atoms with E-state index in [1.807, 2.05) is 49.4 Å². The van der Waals surface area contributed by atoms with Crippen LogP contribution in [0.4, 0.5) is 10.1 Å². The monoisotopic (exact) mass is 579 g/mol. The van der Waals surface area contributed by atoms with Crippen LogP contribution in [0.5, 0.6) is 0 Å². The molecular weight excluding hydrogens is 541 g/mol. The first-order valence-corrected chi connectivity index (χ1v) is 15.9. The lowest BCUT2D eigenvalue weighted by atomic mass is 10.0. The third-order valence-electron chi connectivity index (χ3n) is 7.58. The van der Waals surface area contributed by atoms with Crippen molar-refractivity contribution in [3.8, 4) is 0 Å². The minimum Gasteiger partial charge on any atom is -0.352 e. The summed E-state index contributed by atoms with van der Waals surface area (Å²) in [7, 11) is -3.86. The van der Waals surface area contributed by atoms with Crippen molar-refractivity contribution < 1.29 is 22.4 Å². The second-order valence-corrected chi connectivity index (χ2v) is 12.5. The van der Waals surface area contributed by atoms with Gasteiger partial charge in [-0.05, 0) is 48.6 Å². The zero-order chi connectivity index (χ0) is 29.4. The van der Waals surface area contributed by atoms with Gasteiger partial charge in [-0.1, -0.05) is 80.4 Å². The molecule has 7 nitrogen and oxygen atoms in total. The summed E-state index contributed by atoms with van der Waals surface area (Å²) < 4.78 is 41.7. The van der Waals surface area contributed by atoms with Crippen LogP contribution < -0.4 is 9.62 Å². The van der Waals surface area contributed by atoms with E-state index in [0.717, 1.165) is 53.8 Å². The Kier molecular flexibility index (Phi) is 10.2. The van der Waals surface area contributed by atoms with Gasteiger partial charge < -0.3 is 10.2 Å². The molecular formula is C32H38FN3O4S. The number of anilines is 1. The number of rotatable bonds is 12. The molecule has 0 saturated heterocycles. The number of nitrogens with zero attached hydrogens (tertiary/aromatic N) is 2. The Morgan fingerprint density at radius 3 is 2.17 bits per heavy atom. The summed E-state index contributed by atoms with van der Waals surface area (Å²) >= 11 is 0. The topological polar surface area (TPSA) is 86.8 Å². The molecule has 1 aliphatic carbocycles. The number of aryl methyl sites for hydroxylation is 1. The third-order valence-corrected chi connectivity index (χ3v) is 8.72. The van der Waals surface area contributed by atoms with E-state index in [1.54, 1.807) is 30.3 Å². The number of hydrogen-bond donors (Lipinski definition) is 1. The number of carbonyl (C=O) groups is 2. The molecule has 0 spiro atoms. The molecule has 0 aromatic heterocycles. The second kappa shape index (κ2) is 13.8. The number of benzene rings is 3. The van der Waals surface area contributed by atoms with Gasteiger partial charge in [0.1, 0.15) is 18.4 Å². The fraction of sp³-hybridized carbons (Fsp3) is 0.375. The van der Waals surface area contributed by atoms with Crippen LogP contribution in [-0.4, -0.2) is 50.0 Å². The Bertz CT molecular complexity index is 1420. The lowest BCUT2D eigenvalue weighted by molar-refractivity contribution is -0.140. The summed E-state index contributed by atoms with van der Waals surface area (Å²) in [6.07, 6.45) is 5.79. The molecule has 41 heavy (non-hydrogen) atoms. The van der Waals surface area contributed by atoms with Crippen LogP contribution in [-0.2, 0) is 39.0 Å². The van der Waals surface area contributed by atoms with E-state index in [0.29, 0.717) is 5.69 Å². The largest absolute Gasteiger partial charge is 0.352 e. The minimum absolute atomic E-state index is 0.00999. The maximum Gasteiger partial charge on any atom is 0.244 e. The van der Waals surface area contributed by atoms with Crippen LogP contribution in [0.2, 0.25) is 0 Å². The maximum atomic E-state index is 14.9. The van der Waals surface area contributed by atoms with Crippen LogP contribution >= 0.6 is 0 Å². The van der Waals surface area contributed by atoms with E-state index in [-0.39, 0.29) is 30.5 Å². The number of hydrogen-bond acceptors (Lipinski definition) is 4. The highest BCUT2D eigenvalue weighted by Crippen LogP contribution is 2.23. The van der Waals surface area contributed by atoms with Crippen molar-refractivity contribution >= 4 is 27.5 Å². The van der Waals surface area contributed by atoms with Crippen molar-refractivity contribution in [2.45, 2.75) is 64.1 Å². The van der Waals surface area contributed by atoms with Gasteiger partial charge in [0.15, 0.2) is 0 Å². The Balaban J connectivity index is 1.72. The Morgan fingerprint density at radius 2 is 1.56 bits per heavy atom. The first-order valence-electron chi connectivity index (χ1n) is 14.1. The number of halogens is 1. The number of carbonyl (C=O) groups excluding carboxylic acids is 2. The normalized spacial score (nSPS) is 14.4. The highest BCUT2D eigenvalue weighted by Gasteiger charge is 2.34. The lowest BCUT2D eigenvalue weighted by Gasteiger charge is -2.34. The van der Waals surface area contributed by atoms with E-state index < -0.39 is 34.3 Å². The van der Waals surface area contributed by atoms with Crippen molar-refractivity contribution in [1.82, 2.24) is 10.2 Å². The third kappa shape index (κ3) is 8.16. The van der Waals surface area contributed by atoms with Crippen molar-refractivity contribution in [3.63, 3.8) is 0 Å². The molecule has 4 rings (SSSR count). The average Bonchev–Trinajstić information content (AvgIpc) is 3.47. The van der Waals surface area contributed by atoms with Crippen LogP contribution in [0, 0.1) is 5.82 Å². The first kappa shape index (κ1) is 30.2.